The first-order valence-electron chi connectivity index (χ1n) is 7.37. The summed E-state index contributed by atoms with van der Waals surface area (Å²) in [4.78, 5) is 4.96. The highest BCUT2D eigenvalue weighted by molar-refractivity contribution is 5.76. The quantitative estimate of drug-likeness (QED) is 0.681. The van der Waals surface area contributed by atoms with E-state index in [0.29, 0.717) is 0 Å². The van der Waals surface area contributed by atoms with Crippen molar-refractivity contribution in [2.24, 2.45) is 11.8 Å². The van der Waals surface area contributed by atoms with E-state index in [2.05, 4.69) is 28.8 Å². The molecule has 2 aliphatic carbocycles. The van der Waals surface area contributed by atoms with E-state index in [1.165, 1.54) is 49.0 Å². The Balaban J connectivity index is 1.84. The lowest BCUT2D eigenvalue weighted by molar-refractivity contribution is 0.0817. The molecule has 18 heavy (non-hydrogen) atoms. The minimum absolute atomic E-state index is 0.748. The number of fused-ring (bicyclic) bond motifs is 7. The summed E-state index contributed by atoms with van der Waals surface area (Å²) in [5.41, 5.74) is 2.59. The third-order valence-corrected chi connectivity index (χ3v) is 5.58. The van der Waals surface area contributed by atoms with Crippen molar-refractivity contribution in [3.05, 3.63) is 30.1 Å². The fraction of sp³-hybridized carbons (Fsp3) is 0.562. The van der Waals surface area contributed by atoms with Crippen LogP contribution in [0.15, 0.2) is 24.3 Å². The average Bonchev–Trinajstić information content (AvgIpc) is 2.77. The molecule has 0 saturated heterocycles. The molecule has 1 aromatic heterocycles. The van der Waals surface area contributed by atoms with E-state index in [4.69, 9.17) is 4.98 Å². The van der Waals surface area contributed by atoms with Crippen molar-refractivity contribution in [2.75, 3.05) is 0 Å². The summed E-state index contributed by atoms with van der Waals surface area (Å²) in [6.45, 7) is 0. The van der Waals surface area contributed by atoms with E-state index in [1.54, 1.807) is 0 Å². The lowest BCUT2D eigenvalue weighted by Gasteiger charge is -2.48. The number of imidazole rings is 1. The molecule has 2 heteroatoms. The topological polar surface area (TPSA) is 17.8 Å². The van der Waals surface area contributed by atoms with Gasteiger partial charge in [0.1, 0.15) is 5.82 Å². The van der Waals surface area contributed by atoms with Crippen molar-refractivity contribution in [1.82, 2.24) is 9.55 Å². The highest BCUT2D eigenvalue weighted by Gasteiger charge is 2.45. The van der Waals surface area contributed by atoms with E-state index in [0.717, 1.165) is 23.8 Å². The molecule has 1 aromatic carbocycles. The molecule has 0 spiro atoms. The molecular formula is C16H18N2. The Kier molecular flexibility index (Phi) is 1.69. The maximum atomic E-state index is 4.96. The maximum absolute atomic E-state index is 4.96. The van der Waals surface area contributed by atoms with E-state index < -0.39 is 0 Å². The third kappa shape index (κ3) is 1.07. The number of nitrogens with zero attached hydrogens (tertiary/aromatic N) is 2. The predicted molar refractivity (Wildman–Crippen MR) is 71.6 cm³/mol. The monoisotopic (exact) mass is 238 g/mol. The smallest absolute Gasteiger partial charge is 0.113 e. The van der Waals surface area contributed by atoms with Crippen LogP contribution in [0.25, 0.3) is 11.0 Å². The molecule has 3 bridgehead atoms. The highest BCUT2D eigenvalue weighted by atomic mass is 15.1. The molecule has 2 nitrogen and oxygen atoms in total. The van der Waals surface area contributed by atoms with Gasteiger partial charge in [-0.3, -0.25) is 0 Å². The molecule has 2 heterocycles. The molecular weight excluding hydrogens is 220 g/mol. The summed E-state index contributed by atoms with van der Waals surface area (Å²) in [6, 6.07) is 9.47. The van der Waals surface area contributed by atoms with Crippen molar-refractivity contribution >= 4 is 11.0 Å². The minimum atomic E-state index is 0.748. The summed E-state index contributed by atoms with van der Waals surface area (Å²) >= 11 is 0. The van der Waals surface area contributed by atoms with Gasteiger partial charge in [-0.1, -0.05) is 12.1 Å². The summed E-state index contributed by atoms with van der Waals surface area (Å²) in [7, 11) is 0. The van der Waals surface area contributed by atoms with E-state index in [-0.39, 0.29) is 0 Å². The molecule has 3 aliphatic rings. The van der Waals surface area contributed by atoms with E-state index in [1.807, 2.05) is 0 Å². The van der Waals surface area contributed by atoms with Crippen LogP contribution >= 0.6 is 0 Å². The first-order chi connectivity index (χ1) is 8.90. The number of rotatable bonds is 0. The van der Waals surface area contributed by atoms with Gasteiger partial charge in [-0.05, 0) is 56.1 Å². The molecule has 2 fully saturated rings. The van der Waals surface area contributed by atoms with Crippen molar-refractivity contribution in [2.45, 2.75) is 44.1 Å². The Morgan fingerprint density at radius 2 is 2.00 bits per heavy atom. The van der Waals surface area contributed by atoms with Gasteiger partial charge < -0.3 is 4.57 Å². The molecule has 2 saturated carbocycles. The van der Waals surface area contributed by atoms with Crippen molar-refractivity contribution in [3.8, 4) is 0 Å². The number of hydrogen-bond donors (Lipinski definition) is 0. The fourth-order valence-electron chi connectivity index (χ4n) is 4.93. The summed E-state index contributed by atoms with van der Waals surface area (Å²) in [6.07, 6.45) is 7.11. The predicted octanol–water partition coefficient (Wildman–Crippen LogP) is 3.88. The Morgan fingerprint density at radius 1 is 1.06 bits per heavy atom. The van der Waals surface area contributed by atoms with Crippen LogP contribution in [-0.2, 0) is 0 Å². The standard InChI is InChI=1S/C16H18N2/c1-2-4-15-13(3-1)17-16-12-8-10-5-6-14(18(15)16)11(7-10)9-12/h1-4,10-12,14H,5-9H2/t10-,11+,12-,14+/m0/s1. The lowest BCUT2D eigenvalue weighted by Crippen LogP contribution is -2.39. The Bertz CT molecular complexity index is 627. The molecule has 92 valence electrons. The second-order valence-corrected chi connectivity index (χ2v) is 6.50. The Labute approximate surface area is 107 Å². The van der Waals surface area contributed by atoms with Crippen molar-refractivity contribution in [3.63, 3.8) is 0 Å². The zero-order valence-electron chi connectivity index (χ0n) is 10.5. The lowest BCUT2D eigenvalue weighted by atomic mass is 9.63. The number of benzene rings is 1. The van der Waals surface area contributed by atoms with Gasteiger partial charge in [-0.2, -0.15) is 0 Å². The molecule has 5 rings (SSSR count). The van der Waals surface area contributed by atoms with Crippen LogP contribution in [0.4, 0.5) is 0 Å². The average molecular weight is 238 g/mol. The number of aromatic nitrogens is 2. The van der Waals surface area contributed by atoms with Crippen molar-refractivity contribution in [1.29, 1.82) is 0 Å². The number of hydrogen-bond acceptors (Lipinski definition) is 1. The second kappa shape index (κ2) is 3.17. The van der Waals surface area contributed by atoms with Crippen molar-refractivity contribution < 1.29 is 0 Å². The van der Waals surface area contributed by atoms with Gasteiger partial charge in [0.2, 0.25) is 0 Å². The molecule has 0 unspecified atom stereocenters. The normalized spacial score (nSPS) is 36.9. The van der Waals surface area contributed by atoms with Crippen LogP contribution < -0.4 is 0 Å². The van der Waals surface area contributed by atoms with Gasteiger partial charge in [-0.25, -0.2) is 4.98 Å². The summed E-state index contributed by atoms with van der Waals surface area (Å²) in [5.74, 6) is 4.09. The van der Waals surface area contributed by atoms with Gasteiger partial charge in [0.25, 0.3) is 0 Å². The first-order valence-corrected chi connectivity index (χ1v) is 7.37. The second-order valence-electron chi connectivity index (χ2n) is 6.50. The van der Waals surface area contributed by atoms with E-state index in [9.17, 15) is 0 Å². The van der Waals surface area contributed by atoms with Crippen LogP contribution in [0.2, 0.25) is 0 Å². The van der Waals surface area contributed by atoms with Crippen LogP contribution in [0.1, 0.15) is 49.9 Å². The Hall–Kier alpha value is -1.31. The van der Waals surface area contributed by atoms with Crippen LogP contribution in [0.3, 0.4) is 0 Å². The molecule has 2 aromatic rings. The van der Waals surface area contributed by atoms with Crippen LogP contribution in [0.5, 0.6) is 0 Å². The summed E-state index contributed by atoms with van der Waals surface area (Å²) < 4.78 is 2.61. The van der Waals surface area contributed by atoms with E-state index >= 15 is 0 Å². The number of para-hydroxylation sites is 2. The van der Waals surface area contributed by atoms with Crippen LogP contribution in [-0.4, -0.2) is 9.55 Å². The van der Waals surface area contributed by atoms with Gasteiger partial charge in [0, 0.05) is 12.0 Å². The SMILES string of the molecule is c1ccc2c(c1)nc1n2[C@@H]2CC[C@@H]3C[C@H]1C[C@H]2C3. The zero-order chi connectivity index (χ0) is 11.7. The highest BCUT2D eigenvalue weighted by Crippen LogP contribution is 2.55. The maximum Gasteiger partial charge on any atom is 0.113 e. The van der Waals surface area contributed by atoms with Gasteiger partial charge >= 0.3 is 0 Å². The molecule has 0 N–H and O–H groups in total. The third-order valence-electron chi connectivity index (χ3n) is 5.58. The molecule has 4 atom stereocenters. The Morgan fingerprint density at radius 3 is 3.00 bits per heavy atom. The van der Waals surface area contributed by atoms with Crippen LogP contribution in [0, 0.1) is 11.8 Å². The van der Waals surface area contributed by atoms with Gasteiger partial charge in [0.15, 0.2) is 0 Å². The molecule has 0 radical (unpaired) electrons. The molecule has 1 aliphatic heterocycles. The first kappa shape index (κ1) is 9.60. The fourth-order valence-corrected chi connectivity index (χ4v) is 4.93. The van der Waals surface area contributed by atoms with Gasteiger partial charge in [-0.15, -0.1) is 0 Å². The largest absolute Gasteiger partial charge is 0.324 e. The molecule has 0 amide bonds. The zero-order valence-corrected chi connectivity index (χ0v) is 10.5. The summed E-state index contributed by atoms with van der Waals surface area (Å²) in [5, 5.41) is 0. The minimum Gasteiger partial charge on any atom is -0.324 e. The van der Waals surface area contributed by atoms with Gasteiger partial charge in [0.05, 0.1) is 11.0 Å².